The van der Waals surface area contributed by atoms with Gasteiger partial charge in [0, 0.05) is 29.5 Å². The number of hydrogen-bond acceptors (Lipinski definition) is 6. The molecule has 0 saturated heterocycles. The summed E-state index contributed by atoms with van der Waals surface area (Å²) in [6.07, 6.45) is 1.40. The van der Waals surface area contributed by atoms with Crippen molar-refractivity contribution in [1.82, 2.24) is 15.0 Å². The van der Waals surface area contributed by atoms with E-state index < -0.39 is 5.97 Å². The molecule has 0 aliphatic carbocycles. The monoisotopic (exact) mass is 379 g/mol. The number of nitrogens with zero attached hydrogens (tertiary/aromatic N) is 2. The predicted octanol–water partition coefficient (Wildman–Crippen LogP) is 3.21. The van der Waals surface area contributed by atoms with Crippen LogP contribution in [0.3, 0.4) is 0 Å². The van der Waals surface area contributed by atoms with Gasteiger partial charge in [0.15, 0.2) is 5.88 Å². The van der Waals surface area contributed by atoms with Crippen LogP contribution in [0.5, 0.6) is 11.6 Å². The molecule has 0 fully saturated rings. The first kappa shape index (κ1) is 17.7. The van der Waals surface area contributed by atoms with Gasteiger partial charge in [0.1, 0.15) is 18.7 Å². The molecule has 2 aromatic carbocycles. The molecule has 0 aliphatic rings. The first-order valence-corrected chi connectivity index (χ1v) is 8.53. The molecule has 8 heteroatoms. The van der Waals surface area contributed by atoms with Crippen molar-refractivity contribution in [3.8, 4) is 22.9 Å². The lowest BCUT2D eigenvalue weighted by Gasteiger charge is -2.09. The standard InChI is InChI=1S/C20H17N3O5/c1-27-6-7-28-12-3-4-13-16(9-12)21-10-22-18(13)17-14-8-11(20(25)26)2-5-15(14)23-19(17)24/h2-5,8-10,23-24H,6-7H2,1H3,(H,25,26). The van der Waals surface area contributed by atoms with Crippen LogP contribution in [-0.4, -0.2) is 51.5 Å². The number of hydrogen-bond donors (Lipinski definition) is 3. The first-order chi connectivity index (χ1) is 13.6. The van der Waals surface area contributed by atoms with E-state index >= 15 is 0 Å². The highest BCUT2D eigenvalue weighted by atomic mass is 16.5. The van der Waals surface area contributed by atoms with Gasteiger partial charge in [0.2, 0.25) is 0 Å². The van der Waals surface area contributed by atoms with Gasteiger partial charge in [-0.1, -0.05) is 0 Å². The van der Waals surface area contributed by atoms with E-state index in [1.165, 1.54) is 18.5 Å². The molecular weight excluding hydrogens is 362 g/mol. The Balaban J connectivity index is 1.86. The molecule has 28 heavy (non-hydrogen) atoms. The largest absolute Gasteiger partial charge is 0.494 e. The topological polar surface area (TPSA) is 118 Å². The second kappa shape index (κ2) is 7.16. The summed E-state index contributed by atoms with van der Waals surface area (Å²) in [5.74, 6) is -0.484. The van der Waals surface area contributed by atoms with Crippen molar-refractivity contribution >= 4 is 27.8 Å². The number of aromatic hydroxyl groups is 1. The molecule has 4 rings (SSSR count). The number of H-pyrrole nitrogens is 1. The molecule has 142 valence electrons. The highest BCUT2D eigenvalue weighted by molar-refractivity contribution is 6.07. The van der Waals surface area contributed by atoms with Gasteiger partial charge in [0.05, 0.1) is 28.9 Å². The lowest BCUT2D eigenvalue weighted by atomic mass is 10.0. The molecule has 0 spiro atoms. The Morgan fingerprint density at radius 1 is 1.11 bits per heavy atom. The molecule has 2 aromatic heterocycles. The number of rotatable bonds is 6. The number of nitrogens with one attached hydrogen (secondary N) is 1. The number of aromatic nitrogens is 3. The van der Waals surface area contributed by atoms with E-state index in [-0.39, 0.29) is 11.4 Å². The van der Waals surface area contributed by atoms with Crippen LogP contribution < -0.4 is 4.74 Å². The Hall–Kier alpha value is -3.65. The van der Waals surface area contributed by atoms with E-state index in [2.05, 4.69) is 15.0 Å². The minimum Gasteiger partial charge on any atom is -0.494 e. The lowest BCUT2D eigenvalue weighted by Crippen LogP contribution is -2.04. The number of carbonyl (C=O) groups is 1. The zero-order valence-corrected chi connectivity index (χ0v) is 15.0. The van der Waals surface area contributed by atoms with Crippen molar-refractivity contribution < 1.29 is 24.5 Å². The van der Waals surface area contributed by atoms with Crippen LogP contribution in [0.2, 0.25) is 0 Å². The average Bonchev–Trinajstić information content (AvgIpc) is 3.02. The maximum absolute atomic E-state index is 11.3. The third-order valence-electron chi connectivity index (χ3n) is 4.43. The Kier molecular flexibility index (Phi) is 4.54. The summed E-state index contributed by atoms with van der Waals surface area (Å²) < 4.78 is 10.6. The highest BCUT2D eigenvalue weighted by Crippen LogP contribution is 2.39. The molecule has 0 saturated carbocycles. The van der Waals surface area contributed by atoms with E-state index in [4.69, 9.17) is 9.47 Å². The second-order valence-corrected chi connectivity index (χ2v) is 6.16. The van der Waals surface area contributed by atoms with Gasteiger partial charge >= 0.3 is 5.97 Å². The van der Waals surface area contributed by atoms with Crippen molar-refractivity contribution in [1.29, 1.82) is 0 Å². The van der Waals surface area contributed by atoms with E-state index in [0.717, 1.165) is 0 Å². The molecule has 0 aliphatic heterocycles. The number of benzene rings is 2. The van der Waals surface area contributed by atoms with Gasteiger partial charge in [0.25, 0.3) is 0 Å². The Labute approximate surface area is 159 Å². The third kappa shape index (κ3) is 3.10. The molecule has 0 bridgehead atoms. The quantitative estimate of drug-likeness (QED) is 0.440. The fourth-order valence-electron chi connectivity index (χ4n) is 3.12. The number of aromatic amines is 1. The molecule has 8 nitrogen and oxygen atoms in total. The number of fused-ring (bicyclic) bond motifs is 2. The Morgan fingerprint density at radius 3 is 2.75 bits per heavy atom. The fraction of sp³-hybridized carbons (Fsp3) is 0.150. The van der Waals surface area contributed by atoms with Gasteiger partial charge in [-0.3, -0.25) is 0 Å². The number of carboxylic acids is 1. The van der Waals surface area contributed by atoms with Crippen LogP contribution in [0.4, 0.5) is 0 Å². The van der Waals surface area contributed by atoms with Crippen LogP contribution in [-0.2, 0) is 4.74 Å². The van der Waals surface area contributed by atoms with Gasteiger partial charge in [-0.05, 0) is 30.3 Å². The maximum Gasteiger partial charge on any atom is 0.335 e. The molecule has 0 amide bonds. The van der Waals surface area contributed by atoms with Crippen LogP contribution in [0, 0.1) is 0 Å². The van der Waals surface area contributed by atoms with E-state index in [9.17, 15) is 15.0 Å². The molecule has 3 N–H and O–H groups in total. The summed E-state index contributed by atoms with van der Waals surface area (Å²) in [6, 6.07) is 9.99. The van der Waals surface area contributed by atoms with Gasteiger partial charge in [-0.15, -0.1) is 0 Å². The van der Waals surface area contributed by atoms with Gasteiger partial charge < -0.3 is 24.7 Å². The number of carboxylic acid groups (broad SMARTS) is 1. The predicted molar refractivity (Wildman–Crippen MR) is 103 cm³/mol. The summed E-state index contributed by atoms with van der Waals surface area (Å²) in [7, 11) is 1.60. The Morgan fingerprint density at radius 2 is 1.96 bits per heavy atom. The summed E-state index contributed by atoms with van der Waals surface area (Å²) in [5.41, 5.74) is 2.31. The van der Waals surface area contributed by atoms with Crippen molar-refractivity contribution in [2.45, 2.75) is 0 Å². The fourth-order valence-corrected chi connectivity index (χ4v) is 3.12. The molecule has 2 heterocycles. The van der Waals surface area contributed by atoms with Crippen molar-refractivity contribution in [3.05, 3.63) is 48.3 Å². The lowest BCUT2D eigenvalue weighted by molar-refractivity contribution is 0.0697. The van der Waals surface area contributed by atoms with Crippen molar-refractivity contribution in [2.24, 2.45) is 0 Å². The smallest absolute Gasteiger partial charge is 0.335 e. The number of aromatic carboxylic acids is 1. The second-order valence-electron chi connectivity index (χ2n) is 6.16. The average molecular weight is 379 g/mol. The summed E-state index contributed by atoms with van der Waals surface area (Å²) in [6.45, 7) is 0.892. The minimum absolute atomic E-state index is 0.0852. The van der Waals surface area contributed by atoms with Crippen LogP contribution in [0.1, 0.15) is 10.4 Å². The number of methoxy groups -OCH3 is 1. The summed E-state index contributed by atoms with van der Waals surface area (Å²) in [5, 5.41) is 21.0. The van der Waals surface area contributed by atoms with Crippen LogP contribution in [0.15, 0.2) is 42.7 Å². The van der Waals surface area contributed by atoms with E-state index in [1.807, 2.05) is 6.07 Å². The molecule has 4 aromatic rings. The van der Waals surface area contributed by atoms with E-state index in [0.29, 0.717) is 52.0 Å². The number of ether oxygens (including phenoxy) is 2. The zero-order valence-electron chi connectivity index (χ0n) is 15.0. The summed E-state index contributed by atoms with van der Waals surface area (Å²) in [4.78, 5) is 22.8. The molecular formula is C20H17N3O5. The minimum atomic E-state index is -1.04. The molecule has 0 unspecified atom stereocenters. The highest BCUT2D eigenvalue weighted by Gasteiger charge is 2.18. The third-order valence-corrected chi connectivity index (χ3v) is 4.43. The Bertz CT molecular complexity index is 1190. The van der Waals surface area contributed by atoms with Crippen molar-refractivity contribution in [3.63, 3.8) is 0 Å². The normalized spacial score (nSPS) is 11.2. The van der Waals surface area contributed by atoms with Crippen LogP contribution in [0.25, 0.3) is 33.1 Å². The summed E-state index contributed by atoms with van der Waals surface area (Å²) >= 11 is 0. The van der Waals surface area contributed by atoms with E-state index in [1.54, 1.807) is 25.3 Å². The van der Waals surface area contributed by atoms with Crippen LogP contribution >= 0.6 is 0 Å². The zero-order chi connectivity index (χ0) is 19.7. The first-order valence-electron chi connectivity index (χ1n) is 8.53. The molecule has 0 atom stereocenters. The van der Waals surface area contributed by atoms with Gasteiger partial charge in [-0.25, -0.2) is 14.8 Å². The maximum atomic E-state index is 11.3. The SMILES string of the molecule is COCCOc1ccc2c(-c3c(O)[nH]c4ccc(C(=O)O)cc34)ncnc2c1. The van der Waals surface area contributed by atoms with Gasteiger partial charge in [-0.2, -0.15) is 0 Å². The van der Waals surface area contributed by atoms with Crippen molar-refractivity contribution in [2.75, 3.05) is 20.3 Å². The molecule has 0 radical (unpaired) electrons.